The second-order valence-corrected chi connectivity index (χ2v) is 4.62. The first kappa shape index (κ1) is 12.7. The fraction of sp³-hybridized carbons (Fsp3) is 0.462. The van der Waals surface area contributed by atoms with Gasteiger partial charge in [0.05, 0.1) is 6.54 Å². The number of nitrogens with two attached hydrogens (primary N) is 1. The van der Waals surface area contributed by atoms with Crippen molar-refractivity contribution in [1.82, 2.24) is 5.32 Å². The van der Waals surface area contributed by atoms with Crippen molar-refractivity contribution in [2.45, 2.75) is 32.2 Å². The minimum Gasteiger partial charge on any atom is -0.350 e. The van der Waals surface area contributed by atoms with Crippen molar-refractivity contribution in [2.24, 2.45) is 5.73 Å². The zero-order chi connectivity index (χ0) is 12.0. The Kier molecular flexibility index (Phi) is 4.50. The highest BCUT2D eigenvalue weighted by Crippen LogP contribution is 2.13. The first-order valence-electron chi connectivity index (χ1n) is 5.58. The summed E-state index contributed by atoms with van der Waals surface area (Å²) < 4.78 is 0. The molecule has 0 fully saturated rings. The van der Waals surface area contributed by atoms with Crippen molar-refractivity contribution in [3.05, 3.63) is 35.9 Å². The fourth-order valence-corrected chi connectivity index (χ4v) is 1.59. The number of benzene rings is 1. The summed E-state index contributed by atoms with van der Waals surface area (Å²) in [6.07, 6.45) is 1.86. The van der Waals surface area contributed by atoms with Gasteiger partial charge in [-0.2, -0.15) is 0 Å². The van der Waals surface area contributed by atoms with E-state index in [0.717, 1.165) is 12.8 Å². The van der Waals surface area contributed by atoms with Gasteiger partial charge in [-0.05, 0) is 32.3 Å². The summed E-state index contributed by atoms with van der Waals surface area (Å²) in [5, 5.41) is 2.91. The molecule has 0 bridgehead atoms. The van der Waals surface area contributed by atoms with E-state index in [9.17, 15) is 4.79 Å². The summed E-state index contributed by atoms with van der Waals surface area (Å²) >= 11 is 0. The number of carbonyl (C=O) groups excluding carboxylic acids is 1. The molecule has 3 nitrogen and oxygen atoms in total. The number of nitrogens with one attached hydrogen (secondary N) is 1. The summed E-state index contributed by atoms with van der Waals surface area (Å²) in [6.45, 7) is 4.09. The van der Waals surface area contributed by atoms with Gasteiger partial charge in [-0.15, -0.1) is 0 Å². The standard InChI is InChI=1S/C13H20N2O/c1-13(2,15-12(16)10-14)9-8-11-6-4-3-5-7-11/h3-7H,8-10,14H2,1-2H3,(H,15,16). The highest BCUT2D eigenvalue weighted by Gasteiger charge is 2.19. The predicted molar refractivity (Wildman–Crippen MR) is 66.0 cm³/mol. The fourth-order valence-electron chi connectivity index (χ4n) is 1.59. The first-order valence-corrected chi connectivity index (χ1v) is 5.58. The lowest BCUT2D eigenvalue weighted by atomic mass is 9.95. The third kappa shape index (κ3) is 4.45. The van der Waals surface area contributed by atoms with Crippen molar-refractivity contribution < 1.29 is 4.79 Å². The number of aryl methyl sites for hydroxylation is 1. The van der Waals surface area contributed by atoms with E-state index >= 15 is 0 Å². The summed E-state index contributed by atoms with van der Waals surface area (Å²) in [7, 11) is 0. The summed E-state index contributed by atoms with van der Waals surface area (Å²) in [4.78, 5) is 11.2. The van der Waals surface area contributed by atoms with Crippen LogP contribution in [0.1, 0.15) is 25.8 Å². The van der Waals surface area contributed by atoms with Gasteiger partial charge in [0.2, 0.25) is 5.91 Å². The molecule has 0 aliphatic rings. The van der Waals surface area contributed by atoms with Crippen molar-refractivity contribution >= 4 is 5.91 Å². The zero-order valence-corrected chi connectivity index (χ0v) is 9.99. The molecule has 0 unspecified atom stereocenters. The Balaban J connectivity index is 2.44. The maximum absolute atomic E-state index is 11.2. The average Bonchev–Trinajstić information content (AvgIpc) is 2.27. The second kappa shape index (κ2) is 5.66. The Hall–Kier alpha value is -1.35. The Morgan fingerprint density at radius 3 is 2.50 bits per heavy atom. The molecule has 0 saturated carbocycles. The minimum atomic E-state index is -0.202. The van der Waals surface area contributed by atoms with Crippen LogP contribution in [0.25, 0.3) is 0 Å². The van der Waals surface area contributed by atoms with Crippen LogP contribution < -0.4 is 11.1 Å². The van der Waals surface area contributed by atoms with E-state index in [1.54, 1.807) is 0 Å². The Morgan fingerprint density at radius 2 is 1.94 bits per heavy atom. The van der Waals surface area contributed by atoms with Gasteiger partial charge in [0.1, 0.15) is 0 Å². The monoisotopic (exact) mass is 220 g/mol. The SMILES string of the molecule is CC(C)(CCc1ccccc1)NC(=O)CN. The molecule has 0 aliphatic heterocycles. The first-order chi connectivity index (χ1) is 7.53. The normalized spacial score (nSPS) is 11.2. The van der Waals surface area contributed by atoms with Crippen LogP contribution in [-0.2, 0) is 11.2 Å². The number of carbonyl (C=O) groups is 1. The summed E-state index contributed by atoms with van der Waals surface area (Å²) in [6, 6.07) is 10.3. The third-order valence-corrected chi connectivity index (χ3v) is 2.54. The van der Waals surface area contributed by atoms with Crippen LogP contribution >= 0.6 is 0 Å². The van der Waals surface area contributed by atoms with Crippen molar-refractivity contribution in [2.75, 3.05) is 6.54 Å². The number of rotatable bonds is 5. The van der Waals surface area contributed by atoms with Gasteiger partial charge in [-0.25, -0.2) is 0 Å². The number of amides is 1. The highest BCUT2D eigenvalue weighted by atomic mass is 16.1. The lowest BCUT2D eigenvalue weighted by molar-refractivity contribution is -0.121. The van der Waals surface area contributed by atoms with Gasteiger partial charge in [0, 0.05) is 5.54 Å². The van der Waals surface area contributed by atoms with E-state index < -0.39 is 0 Å². The van der Waals surface area contributed by atoms with E-state index in [4.69, 9.17) is 5.73 Å². The van der Waals surface area contributed by atoms with Crippen LogP contribution in [0.2, 0.25) is 0 Å². The zero-order valence-electron chi connectivity index (χ0n) is 9.99. The van der Waals surface area contributed by atoms with E-state index in [-0.39, 0.29) is 18.0 Å². The van der Waals surface area contributed by atoms with Crippen LogP contribution in [0.4, 0.5) is 0 Å². The highest BCUT2D eigenvalue weighted by molar-refractivity contribution is 5.78. The predicted octanol–water partition coefficient (Wildman–Crippen LogP) is 1.47. The molecule has 16 heavy (non-hydrogen) atoms. The van der Waals surface area contributed by atoms with E-state index in [1.807, 2.05) is 32.0 Å². The molecule has 0 aromatic heterocycles. The molecule has 1 aromatic carbocycles. The molecule has 0 saturated heterocycles. The van der Waals surface area contributed by atoms with Crippen LogP contribution in [0.3, 0.4) is 0 Å². The molecule has 1 amide bonds. The van der Waals surface area contributed by atoms with Gasteiger partial charge < -0.3 is 11.1 Å². The number of hydrogen-bond acceptors (Lipinski definition) is 2. The second-order valence-electron chi connectivity index (χ2n) is 4.62. The quantitative estimate of drug-likeness (QED) is 0.789. The number of hydrogen-bond donors (Lipinski definition) is 2. The Morgan fingerprint density at radius 1 is 1.31 bits per heavy atom. The molecule has 88 valence electrons. The van der Waals surface area contributed by atoms with Gasteiger partial charge in [-0.3, -0.25) is 4.79 Å². The molecule has 0 heterocycles. The van der Waals surface area contributed by atoms with Crippen LogP contribution in [0.15, 0.2) is 30.3 Å². The van der Waals surface area contributed by atoms with Gasteiger partial charge in [0.25, 0.3) is 0 Å². The molecule has 3 heteroatoms. The molecular formula is C13H20N2O. The molecule has 0 atom stereocenters. The van der Waals surface area contributed by atoms with E-state index in [1.165, 1.54) is 5.56 Å². The van der Waals surface area contributed by atoms with Gasteiger partial charge >= 0.3 is 0 Å². The third-order valence-electron chi connectivity index (χ3n) is 2.54. The Bertz CT molecular complexity index is 333. The topological polar surface area (TPSA) is 55.1 Å². The van der Waals surface area contributed by atoms with Crippen molar-refractivity contribution in [3.8, 4) is 0 Å². The van der Waals surface area contributed by atoms with Crippen molar-refractivity contribution in [1.29, 1.82) is 0 Å². The molecule has 0 spiro atoms. The lowest BCUT2D eigenvalue weighted by Gasteiger charge is -2.26. The molecular weight excluding hydrogens is 200 g/mol. The average molecular weight is 220 g/mol. The lowest BCUT2D eigenvalue weighted by Crippen LogP contribution is -2.46. The van der Waals surface area contributed by atoms with Gasteiger partial charge in [0.15, 0.2) is 0 Å². The summed E-state index contributed by atoms with van der Waals surface area (Å²) in [5.41, 5.74) is 6.36. The van der Waals surface area contributed by atoms with Gasteiger partial charge in [-0.1, -0.05) is 30.3 Å². The summed E-state index contributed by atoms with van der Waals surface area (Å²) in [5.74, 6) is -0.0990. The largest absolute Gasteiger partial charge is 0.350 e. The molecule has 3 N–H and O–H groups in total. The molecule has 0 aliphatic carbocycles. The smallest absolute Gasteiger partial charge is 0.234 e. The van der Waals surface area contributed by atoms with Crippen molar-refractivity contribution in [3.63, 3.8) is 0 Å². The van der Waals surface area contributed by atoms with E-state index in [0.29, 0.717) is 0 Å². The van der Waals surface area contributed by atoms with Crippen LogP contribution in [-0.4, -0.2) is 18.0 Å². The maximum atomic E-state index is 11.2. The molecule has 0 radical (unpaired) electrons. The van der Waals surface area contributed by atoms with Crippen LogP contribution in [0, 0.1) is 0 Å². The molecule has 1 rings (SSSR count). The molecule has 1 aromatic rings. The van der Waals surface area contributed by atoms with E-state index in [2.05, 4.69) is 17.4 Å². The Labute approximate surface area is 97.0 Å². The minimum absolute atomic E-state index is 0.0504. The maximum Gasteiger partial charge on any atom is 0.234 e. The van der Waals surface area contributed by atoms with Crippen LogP contribution in [0.5, 0.6) is 0 Å².